The van der Waals surface area contributed by atoms with Crippen molar-refractivity contribution >= 4 is 33.2 Å². The van der Waals surface area contributed by atoms with E-state index in [4.69, 9.17) is 17.3 Å². The van der Waals surface area contributed by atoms with Gasteiger partial charge in [-0.05, 0) is 47.2 Å². The second-order valence-electron chi connectivity index (χ2n) is 4.56. The lowest BCUT2D eigenvalue weighted by Gasteiger charge is -2.08. The third-order valence-electron chi connectivity index (χ3n) is 3.14. The summed E-state index contributed by atoms with van der Waals surface area (Å²) in [5, 5.41) is 12.3. The van der Waals surface area contributed by atoms with Gasteiger partial charge in [-0.25, -0.2) is 0 Å². The van der Waals surface area contributed by atoms with Gasteiger partial charge < -0.3 is 5.73 Å². The molecule has 3 aromatic rings. The molecule has 1 heterocycles. The molecule has 0 amide bonds. The number of rotatable bonds is 2. The van der Waals surface area contributed by atoms with Gasteiger partial charge in [-0.2, -0.15) is 4.68 Å². The highest BCUT2D eigenvalue weighted by atomic mass is 79.9. The second kappa shape index (κ2) is 5.46. The third kappa shape index (κ3) is 2.52. The number of tetrazole rings is 1. The highest BCUT2D eigenvalue weighted by Crippen LogP contribution is 2.32. The summed E-state index contributed by atoms with van der Waals surface area (Å²) < 4.78 is 2.62. The largest absolute Gasteiger partial charge is 0.398 e. The highest BCUT2D eigenvalue weighted by Gasteiger charge is 2.15. The van der Waals surface area contributed by atoms with Gasteiger partial charge in [0.2, 0.25) is 0 Å². The van der Waals surface area contributed by atoms with Gasteiger partial charge in [-0.15, -0.1) is 5.10 Å². The number of nitrogens with two attached hydrogens (primary N) is 1. The van der Waals surface area contributed by atoms with E-state index in [9.17, 15) is 0 Å². The number of nitrogens with zero attached hydrogens (tertiary/aromatic N) is 4. The maximum absolute atomic E-state index is 6.26. The van der Waals surface area contributed by atoms with Gasteiger partial charge in [0.05, 0.1) is 16.4 Å². The van der Waals surface area contributed by atoms with Crippen LogP contribution in [0.2, 0.25) is 5.02 Å². The van der Waals surface area contributed by atoms with Gasteiger partial charge in [0.15, 0.2) is 5.82 Å². The monoisotopic (exact) mass is 363 g/mol. The van der Waals surface area contributed by atoms with Crippen LogP contribution in [0.3, 0.4) is 0 Å². The summed E-state index contributed by atoms with van der Waals surface area (Å²) in [5.41, 5.74) is 9.00. The Bertz CT molecular complexity index is 815. The molecule has 0 bridgehead atoms. The molecule has 0 spiro atoms. The van der Waals surface area contributed by atoms with Gasteiger partial charge >= 0.3 is 0 Å². The number of aryl methyl sites for hydroxylation is 1. The molecule has 0 fully saturated rings. The number of aromatic nitrogens is 4. The van der Waals surface area contributed by atoms with E-state index in [2.05, 4.69) is 31.5 Å². The molecule has 0 unspecified atom stereocenters. The fourth-order valence-electron chi connectivity index (χ4n) is 1.97. The van der Waals surface area contributed by atoms with E-state index in [1.165, 1.54) is 0 Å². The van der Waals surface area contributed by atoms with Crippen molar-refractivity contribution < 1.29 is 0 Å². The van der Waals surface area contributed by atoms with Gasteiger partial charge in [0.25, 0.3) is 0 Å². The first-order valence-electron chi connectivity index (χ1n) is 6.17. The SMILES string of the molecule is Cc1ccc(-n2nnnc2-c2cccc(N)c2Cl)cc1Br. The van der Waals surface area contributed by atoms with E-state index in [-0.39, 0.29) is 0 Å². The molecule has 5 nitrogen and oxygen atoms in total. The molecule has 106 valence electrons. The first kappa shape index (κ1) is 14.0. The van der Waals surface area contributed by atoms with Crippen LogP contribution in [0, 0.1) is 6.92 Å². The third-order valence-corrected chi connectivity index (χ3v) is 4.42. The summed E-state index contributed by atoms with van der Waals surface area (Å²) in [6, 6.07) is 11.3. The lowest BCUT2D eigenvalue weighted by Crippen LogP contribution is -2.01. The predicted molar refractivity (Wildman–Crippen MR) is 86.4 cm³/mol. The van der Waals surface area contributed by atoms with Crippen LogP contribution in [0.25, 0.3) is 17.1 Å². The first-order valence-corrected chi connectivity index (χ1v) is 7.34. The van der Waals surface area contributed by atoms with Crippen LogP contribution in [-0.4, -0.2) is 20.2 Å². The van der Waals surface area contributed by atoms with Gasteiger partial charge in [0.1, 0.15) is 0 Å². The highest BCUT2D eigenvalue weighted by molar-refractivity contribution is 9.10. The van der Waals surface area contributed by atoms with Crippen molar-refractivity contribution in [2.45, 2.75) is 6.92 Å². The summed E-state index contributed by atoms with van der Waals surface area (Å²) in [4.78, 5) is 0. The molecule has 0 atom stereocenters. The molecule has 2 aromatic carbocycles. The van der Waals surface area contributed by atoms with Gasteiger partial charge in [-0.1, -0.05) is 39.7 Å². The number of halogens is 2. The molecule has 0 aliphatic rings. The van der Waals surface area contributed by atoms with Gasteiger partial charge in [-0.3, -0.25) is 0 Å². The summed E-state index contributed by atoms with van der Waals surface area (Å²) in [5.74, 6) is 0.544. The minimum Gasteiger partial charge on any atom is -0.398 e. The van der Waals surface area contributed by atoms with Crippen LogP contribution >= 0.6 is 27.5 Å². The quantitative estimate of drug-likeness (QED) is 0.705. The number of hydrogen-bond donors (Lipinski definition) is 1. The minimum atomic E-state index is 0.444. The van der Waals surface area contributed by atoms with Crippen molar-refractivity contribution in [2.24, 2.45) is 0 Å². The molecule has 3 rings (SSSR count). The van der Waals surface area contributed by atoms with E-state index in [0.717, 1.165) is 15.7 Å². The van der Waals surface area contributed by atoms with Gasteiger partial charge in [0, 0.05) is 10.0 Å². The Labute approximate surface area is 134 Å². The Hall–Kier alpha value is -1.92. The topological polar surface area (TPSA) is 69.6 Å². The first-order chi connectivity index (χ1) is 10.1. The Morgan fingerprint density at radius 1 is 1.24 bits per heavy atom. The average Bonchev–Trinajstić information content (AvgIpc) is 2.94. The zero-order valence-electron chi connectivity index (χ0n) is 11.1. The van der Waals surface area contributed by atoms with E-state index in [1.54, 1.807) is 10.7 Å². The van der Waals surface area contributed by atoms with E-state index in [0.29, 0.717) is 22.1 Å². The summed E-state index contributed by atoms with van der Waals surface area (Å²) in [6.45, 7) is 2.02. The normalized spacial score (nSPS) is 10.8. The van der Waals surface area contributed by atoms with Crippen molar-refractivity contribution in [3.05, 3.63) is 51.5 Å². The zero-order chi connectivity index (χ0) is 15.0. The number of nitrogen functional groups attached to an aromatic ring is 1. The number of hydrogen-bond acceptors (Lipinski definition) is 4. The molecule has 1 aromatic heterocycles. The van der Waals surface area contributed by atoms with Crippen molar-refractivity contribution in [1.29, 1.82) is 0 Å². The van der Waals surface area contributed by atoms with E-state index >= 15 is 0 Å². The predicted octanol–water partition coefficient (Wildman–Crippen LogP) is 3.64. The molecule has 0 saturated heterocycles. The summed E-state index contributed by atoms with van der Waals surface area (Å²) in [6.07, 6.45) is 0. The van der Waals surface area contributed by atoms with Crippen LogP contribution in [-0.2, 0) is 0 Å². The van der Waals surface area contributed by atoms with Crippen LogP contribution in [0.5, 0.6) is 0 Å². The maximum Gasteiger partial charge on any atom is 0.188 e. The maximum atomic E-state index is 6.26. The molecule has 0 radical (unpaired) electrons. The Balaban J connectivity index is 2.17. The fourth-order valence-corrected chi connectivity index (χ4v) is 2.54. The Morgan fingerprint density at radius 3 is 2.81 bits per heavy atom. The van der Waals surface area contributed by atoms with Crippen molar-refractivity contribution in [3.63, 3.8) is 0 Å². The zero-order valence-corrected chi connectivity index (χ0v) is 13.4. The molecular formula is C14H11BrClN5. The van der Waals surface area contributed by atoms with Crippen molar-refractivity contribution in [2.75, 3.05) is 5.73 Å². The average molecular weight is 365 g/mol. The second-order valence-corrected chi connectivity index (χ2v) is 5.79. The standard InChI is InChI=1S/C14H11BrClN5/c1-8-5-6-9(7-11(8)15)21-14(18-19-20-21)10-3-2-4-12(17)13(10)16/h2-7H,17H2,1H3. The molecule has 21 heavy (non-hydrogen) atoms. The molecule has 2 N–H and O–H groups in total. The summed E-state index contributed by atoms with van der Waals surface area (Å²) >= 11 is 9.77. The van der Waals surface area contributed by atoms with Crippen molar-refractivity contribution in [1.82, 2.24) is 20.2 Å². The molecular weight excluding hydrogens is 354 g/mol. The smallest absolute Gasteiger partial charge is 0.188 e. The van der Waals surface area contributed by atoms with Crippen LogP contribution in [0.1, 0.15) is 5.56 Å². The van der Waals surface area contributed by atoms with Crippen LogP contribution in [0.4, 0.5) is 5.69 Å². The molecule has 7 heteroatoms. The van der Waals surface area contributed by atoms with E-state index in [1.807, 2.05) is 37.3 Å². The Morgan fingerprint density at radius 2 is 2.05 bits per heavy atom. The lowest BCUT2D eigenvalue weighted by atomic mass is 10.1. The van der Waals surface area contributed by atoms with Crippen LogP contribution < -0.4 is 5.73 Å². The number of benzene rings is 2. The Kier molecular flexibility index (Phi) is 3.65. The van der Waals surface area contributed by atoms with Crippen LogP contribution in [0.15, 0.2) is 40.9 Å². The van der Waals surface area contributed by atoms with Crippen molar-refractivity contribution in [3.8, 4) is 17.1 Å². The minimum absolute atomic E-state index is 0.444. The lowest BCUT2D eigenvalue weighted by molar-refractivity contribution is 0.790. The molecule has 0 saturated carbocycles. The molecule has 0 aliphatic carbocycles. The number of anilines is 1. The molecule has 0 aliphatic heterocycles. The summed E-state index contributed by atoms with van der Waals surface area (Å²) in [7, 11) is 0. The van der Waals surface area contributed by atoms with E-state index < -0.39 is 0 Å². The fraction of sp³-hybridized carbons (Fsp3) is 0.0714.